The predicted octanol–water partition coefficient (Wildman–Crippen LogP) is 1.31. The number of anilines is 2. The molecule has 8 heteroatoms. The highest BCUT2D eigenvalue weighted by Crippen LogP contribution is 2.28. The molecular formula is C11H19N5O3. The molecule has 0 fully saturated rings. The Hall–Kier alpha value is -1.96. The van der Waals surface area contributed by atoms with Gasteiger partial charge in [-0.2, -0.15) is 4.98 Å². The highest BCUT2D eigenvalue weighted by Gasteiger charge is 2.26. The molecule has 0 aromatic carbocycles. The van der Waals surface area contributed by atoms with E-state index in [4.69, 9.17) is 0 Å². The van der Waals surface area contributed by atoms with Gasteiger partial charge in [-0.15, -0.1) is 0 Å². The van der Waals surface area contributed by atoms with Crippen LogP contribution in [0, 0.1) is 17.0 Å². The van der Waals surface area contributed by atoms with Gasteiger partial charge in [0.25, 0.3) is 0 Å². The maximum Gasteiger partial charge on any atom is 0.332 e. The first-order valence-corrected chi connectivity index (χ1v) is 5.96. The monoisotopic (exact) mass is 269 g/mol. The van der Waals surface area contributed by atoms with Gasteiger partial charge in [0.1, 0.15) is 5.69 Å². The van der Waals surface area contributed by atoms with Crippen LogP contribution in [-0.2, 0) is 0 Å². The Morgan fingerprint density at radius 2 is 2.05 bits per heavy atom. The molecule has 19 heavy (non-hydrogen) atoms. The fourth-order valence-electron chi connectivity index (χ4n) is 1.47. The second-order valence-electron chi connectivity index (χ2n) is 4.78. The van der Waals surface area contributed by atoms with Crippen LogP contribution >= 0.6 is 0 Å². The van der Waals surface area contributed by atoms with Gasteiger partial charge in [-0.1, -0.05) is 0 Å². The first-order valence-electron chi connectivity index (χ1n) is 5.96. The zero-order valence-corrected chi connectivity index (χ0v) is 11.5. The molecule has 1 rings (SSSR count). The number of nitro groups is 1. The van der Waals surface area contributed by atoms with Crippen LogP contribution in [0.1, 0.15) is 26.5 Å². The van der Waals surface area contributed by atoms with Crippen molar-refractivity contribution in [2.24, 2.45) is 0 Å². The normalized spacial score (nSPS) is 11.2. The molecule has 3 N–H and O–H groups in total. The van der Waals surface area contributed by atoms with E-state index in [0.29, 0.717) is 12.5 Å². The number of nitrogens with one attached hydrogen (secondary N) is 2. The summed E-state index contributed by atoms with van der Waals surface area (Å²) >= 11 is 0. The molecule has 8 nitrogen and oxygen atoms in total. The largest absolute Gasteiger partial charge is 0.394 e. The Labute approximate surface area is 111 Å². The molecule has 0 bridgehead atoms. The van der Waals surface area contributed by atoms with Crippen LogP contribution < -0.4 is 10.6 Å². The minimum absolute atomic E-state index is 0.104. The molecule has 0 aliphatic rings. The van der Waals surface area contributed by atoms with Gasteiger partial charge in [0.2, 0.25) is 11.8 Å². The third kappa shape index (κ3) is 3.75. The van der Waals surface area contributed by atoms with Gasteiger partial charge >= 0.3 is 5.69 Å². The summed E-state index contributed by atoms with van der Waals surface area (Å²) in [5, 5.41) is 26.1. The Kier molecular flexibility index (Phi) is 4.60. The van der Waals surface area contributed by atoms with Crippen molar-refractivity contribution in [3.05, 3.63) is 15.8 Å². The summed E-state index contributed by atoms with van der Waals surface area (Å²) in [7, 11) is 0. The Bertz CT molecular complexity index is 476. The highest BCUT2D eigenvalue weighted by molar-refractivity contribution is 5.61. The Morgan fingerprint density at radius 1 is 1.42 bits per heavy atom. The van der Waals surface area contributed by atoms with Crippen LogP contribution in [0.25, 0.3) is 0 Å². The molecule has 0 aliphatic carbocycles. The van der Waals surface area contributed by atoms with Crippen molar-refractivity contribution in [3.63, 3.8) is 0 Å². The number of aliphatic hydroxyl groups excluding tert-OH is 1. The van der Waals surface area contributed by atoms with Gasteiger partial charge in [-0.25, -0.2) is 4.98 Å². The average molecular weight is 269 g/mol. The average Bonchev–Trinajstić information content (AvgIpc) is 2.27. The molecule has 0 aliphatic heterocycles. The summed E-state index contributed by atoms with van der Waals surface area (Å²) < 4.78 is 0. The maximum absolute atomic E-state index is 11.1. The lowest BCUT2D eigenvalue weighted by Gasteiger charge is -2.24. The molecule has 0 amide bonds. The summed E-state index contributed by atoms with van der Waals surface area (Å²) in [6.45, 7) is 7.31. The second-order valence-corrected chi connectivity index (χ2v) is 4.78. The van der Waals surface area contributed by atoms with Gasteiger partial charge in [0, 0.05) is 6.54 Å². The van der Waals surface area contributed by atoms with Crippen molar-refractivity contribution in [2.75, 3.05) is 23.8 Å². The van der Waals surface area contributed by atoms with Crippen molar-refractivity contribution in [1.29, 1.82) is 0 Å². The Balaban J connectivity index is 3.27. The third-order valence-corrected chi connectivity index (χ3v) is 2.43. The van der Waals surface area contributed by atoms with E-state index >= 15 is 0 Å². The number of hydrogen-bond acceptors (Lipinski definition) is 7. The predicted molar refractivity (Wildman–Crippen MR) is 72.4 cm³/mol. The lowest BCUT2D eigenvalue weighted by Crippen LogP contribution is -2.35. The lowest BCUT2D eigenvalue weighted by molar-refractivity contribution is -0.385. The fourth-order valence-corrected chi connectivity index (χ4v) is 1.47. The topological polar surface area (TPSA) is 113 Å². The molecule has 106 valence electrons. The number of nitrogens with zero attached hydrogens (tertiary/aromatic N) is 3. The molecule has 0 spiro atoms. The van der Waals surface area contributed by atoms with E-state index in [1.807, 2.05) is 6.92 Å². The van der Waals surface area contributed by atoms with Crippen LogP contribution in [0.2, 0.25) is 0 Å². The van der Waals surface area contributed by atoms with Gasteiger partial charge < -0.3 is 15.7 Å². The van der Waals surface area contributed by atoms with E-state index < -0.39 is 10.5 Å². The van der Waals surface area contributed by atoms with Crippen LogP contribution in [0.3, 0.4) is 0 Å². The number of aromatic nitrogens is 2. The van der Waals surface area contributed by atoms with E-state index in [-0.39, 0.29) is 23.8 Å². The van der Waals surface area contributed by atoms with E-state index in [2.05, 4.69) is 20.6 Å². The van der Waals surface area contributed by atoms with Crippen molar-refractivity contribution in [3.8, 4) is 0 Å². The lowest BCUT2D eigenvalue weighted by atomic mass is 10.1. The standard InChI is InChI=1S/C11H19N5O3/c1-5-12-10-13-7(2)8(16(18)19)9(14-10)15-11(3,4)6-17/h17H,5-6H2,1-4H3,(H2,12,13,14,15). The summed E-state index contributed by atoms with van der Waals surface area (Å²) in [5.41, 5.74) is -0.620. The summed E-state index contributed by atoms with van der Waals surface area (Å²) in [6.07, 6.45) is 0. The van der Waals surface area contributed by atoms with E-state index in [1.54, 1.807) is 20.8 Å². The van der Waals surface area contributed by atoms with Crippen LogP contribution in [-0.4, -0.2) is 38.7 Å². The molecule has 1 heterocycles. The van der Waals surface area contributed by atoms with E-state index in [1.165, 1.54) is 0 Å². The van der Waals surface area contributed by atoms with Gasteiger partial charge in [0.05, 0.1) is 17.1 Å². The first-order chi connectivity index (χ1) is 8.80. The fraction of sp³-hybridized carbons (Fsp3) is 0.636. The molecule has 0 saturated carbocycles. The molecule has 1 aromatic rings. The minimum atomic E-state index is -0.713. The van der Waals surface area contributed by atoms with Crippen LogP contribution in [0.15, 0.2) is 0 Å². The van der Waals surface area contributed by atoms with Gasteiger partial charge in [-0.3, -0.25) is 10.1 Å². The van der Waals surface area contributed by atoms with Crippen molar-refractivity contribution in [1.82, 2.24) is 9.97 Å². The van der Waals surface area contributed by atoms with E-state index in [0.717, 1.165) is 0 Å². The van der Waals surface area contributed by atoms with Crippen molar-refractivity contribution < 1.29 is 10.0 Å². The van der Waals surface area contributed by atoms with Crippen LogP contribution in [0.5, 0.6) is 0 Å². The number of rotatable bonds is 6. The van der Waals surface area contributed by atoms with Crippen LogP contribution in [0.4, 0.5) is 17.5 Å². The minimum Gasteiger partial charge on any atom is -0.394 e. The molecule has 0 unspecified atom stereocenters. The summed E-state index contributed by atoms with van der Waals surface area (Å²) in [4.78, 5) is 18.7. The maximum atomic E-state index is 11.1. The van der Waals surface area contributed by atoms with Crippen molar-refractivity contribution in [2.45, 2.75) is 33.2 Å². The zero-order valence-electron chi connectivity index (χ0n) is 11.5. The third-order valence-electron chi connectivity index (χ3n) is 2.43. The molecule has 0 radical (unpaired) electrons. The SMILES string of the molecule is CCNc1nc(C)c([N+](=O)[O-])c(NC(C)(C)CO)n1. The molecule has 1 aromatic heterocycles. The van der Waals surface area contributed by atoms with Crippen molar-refractivity contribution >= 4 is 17.5 Å². The molecule has 0 saturated heterocycles. The van der Waals surface area contributed by atoms with Gasteiger partial charge in [-0.05, 0) is 27.7 Å². The number of aryl methyl sites for hydroxylation is 1. The molecular weight excluding hydrogens is 250 g/mol. The molecule has 0 atom stereocenters. The highest BCUT2D eigenvalue weighted by atomic mass is 16.6. The summed E-state index contributed by atoms with van der Waals surface area (Å²) in [6, 6.07) is 0. The quantitative estimate of drug-likeness (QED) is 0.527. The smallest absolute Gasteiger partial charge is 0.332 e. The summed E-state index contributed by atoms with van der Waals surface area (Å²) in [5.74, 6) is 0.425. The Morgan fingerprint density at radius 3 is 2.53 bits per heavy atom. The second kappa shape index (κ2) is 5.79. The first kappa shape index (κ1) is 15.1. The van der Waals surface area contributed by atoms with E-state index in [9.17, 15) is 15.2 Å². The number of hydrogen-bond donors (Lipinski definition) is 3. The zero-order chi connectivity index (χ0) is 14.6. The number of aliphatic hydroxyl groups is 1. The van der Waals surface area contributed by atoms with Gasteiger partial charge in [0.15, 0.2) is 0 Å².